The lowest BCUT2D eigenvalue weighted by Crippen LogP contribution is -2.02. The van der Waals surface area contributed by atoms with Gasteiger partial charge >= 0.3 is 0 Å². The average Bonchev–Trinajstić information content (AvgIpc) is 3.15. The van der Waals surface area contributed by atoms with Crippen LogP contribution in [0.4, 0.5) is 5.13 Å². The van der Waals surface area contributed by atoms with Gasteiger partial charge in [0.05, 0.1) is 27.0 Å². The summed E-state index contributed by atoms with van der Waals surface area (Å²) in [6.45, 7) is 0. The third kappa shape index (κ3) is 3.40. The summed E-state index contributed by atoms with van der Waals surface area (Å²) in [7, 11) is 4.98. The van der Waals surface area contributed by atoms with Crippen molar-refractivity contribution in [1.29, 1.82) is 0 Å². The number of fused-ring (bicyclic) bond motifs is 3. The molecule has 1 aromatic heterocycles. The van der Waals surface area contributed by atoms with Gasteiger partial charge in [0.1, 0.15) is 17.2 Å². The van der Waals surface area contributed by atoms with Gasteiger partial charge in [0, 0.05) is 22.2 Å². The van der Waals surface area contributed by atoms with Crippen molar-refractivity contribution in [3.63, 3.8) is 0 Å². The normalized spacial score (nSPS) is 12.6. The molecular formula is C21H20N2O3S. The minimum atomic E-state index is 0.744. The van der Waals surface area contributed by atoms with Gasteiger partial charge in [-0.3, -0.25) is 0 Å². The van der Waals surface area contributed by atoms with E-state index in [1.54, 1.807) is 38.9 Å². The molecule has 6 heteroatoms. The summed E-state index contributed by atoms with van der Waals surface area (Å²) in [5, 5.41) is 0.744. The van der Waals surface area contributed by atoms with Gasteiger partial charge in [0.2, 0.25) is 5.13 Å². The smallest absolute Gasteiger partial charge is 0.209 e. The standard InChI is InChI=1S/C21H20N2O3S/c1-24-15-5-7-17-13(10-15)4-9-19-20(17)23-21(27-19)22-12-14-11-16(25-2)6-8-18(14)26-3/h5-8,10-12H,4,9H2,1-3H3/b22-12+. The molecule has 0 spiro atoms. The molecule has 0 N–H and O–H groups in total. The number of ether oxygens (including phenoxy) is 3. The van der Waals surface area contributed by atoms with Gasteiger partial charge in [-0.1, -0.05) is 11.3 Å². The predicted octanol–water partition coefficient (Wildman–Crippen LogP) is 4.69. The van der Waals surface area contributed by atoms with Crippen molar-refractivity contribution >= 4 is 22.7 Å². The average molecular weight is 380 g/mol. The zero-order valence-electron chi connectivity index (χ0n) is 15.5. The van der Waals surface area contributed by atoms with E-state index >= 15 is 0 Å². The number of rotatable bonds is 5. The number of aliphatic imine (C=N–C) groups is 1. The summed E-state index contributed by atoms with van der Waals surface area (Å²) in [4.78, 5) is 10.6. The van der Waals surface area contributed by atoms with E-state index < -0.39 is 0 Å². The van der Waals surface area contributed by atoms with E-state index in [0.29, 0.717) is 0 Å². The van der Waals surface area contributed by atoms with Crippen LogP contribution in [0.25, 0.3) is 11.3 Å². The zero-order chi connectivity index (χ0) is 18.8. The molecule has 3 aromatic rings. The van der Waals surface area contributed by atoms with E-state index in [1.165, 1.54) is 16.0 Å². The Labute approximate surface area is 162 Å². The number of hydrogen-bond acceptors (Lipinski definition) is 6. The summed E-state index contributed by atoms with van der Waals surface area (Å²) in [6, 6.07) is 11.8. The largest absolute Gasteiger partial charge is 0.497 e. The summed E-state index contributed by atoms with van der Waals surface area (Å²) >= 11 is 1.64. The van der Waals surface area contributed by atoms with Crippen LogP contribution in [0.5, 0.6) is 17.2 Å². The molecule has 0 saturated heterocycles. The van der Waals surface area contributed by atoms with Gasteiger partial charge in [-0.05, 0) is 54.8 Å². The first-order valence-electron chi connectivity index (χ1n) is 8.65. The summed E-state index contributed by atoms with van der Waals surface area (Å²) in [5.41, 5.74) is 4.34. The van der Waals surface area contributed by atoms with Crippen molar-refractivity contribution in [2.24, 2.45) is 4.99 Å². The van der Waals surface area contributed by atoms with E-state index in [9.17, 15) is 0 Å². The first-order valence-corrected chi connectivity index (χ1v) is 9.46. The van der Waals surface area contributed by atoms with Crippen LogP contribution in [0.2, 0.25) is 0 Å². The minimum Gasteiger partial charge on any atom is -0.497 e. The van der Waals surface area contributed by atoms with Crippen LogP contribution in [0, 0.1) is 0 Å². The Hall–Kier alpha value is -2.86. The molecule has 0 amide bonds. The number of hydrogen-bond donors (Lipinski definition) is 0. The lowest BCUT2D eigenvalue weighted by atomic mass is 9.93. The SMILES string of the molecule is COc1ccc(OC)c(/C=N/c2nc3c(s2)CCc2cc(OC)ccc2-3)c1. The molecule has 27 heavy (non-hydrogen) atoms. The van der Waals surface area contributed by atoms with Gasteiger partial charge in [-0.25, -0.2) is 9.98 Å². The summed E-state index contributed by atoms with van der Waals surface area (Å²) < 4.78 is 16.0. The van der Waals surface area contributed by atoms with Crippen molar-refractivity contribution in [2.45, 2.75) is 12.8 Å². The molecule has 0 aliphatic heterocycles. The van der Waals surface area contributed by atoms with E-state index in [1.807, 2.05) is 24.3 Å². The molecule has 0 saturated carbocycles. The topological polar surface area (TPSA) is 52.9 Å². The van der Waals surface area contributed by atoms with Gasteiger partial charge in [0.25, 0.3) is 0 Å². The van der Waals surface area contributed by atoms with Crippen LogP contribution >= 0.6 is 11.3 Å². The predicted molar refractivity (Wildman–Crippen MR) is 108 cm³/mol. The van der Waals surface area contributed by atoms with Crippen molar-refractivity contribution in [2.75, 3.05) is 21.3 Å². The molecule has 1 aliphatic rings. The van der Waals surface area contributed by atoms with Gasteiger partial charge in [0.15, 0.2) is 0 Å². The van der Waals surface area contributed by atoms with Gasteiger partial charge < -0.3 is 14.2 Å². The first kappa shape index (κ1) is 17.5. The Morgan fingerprint density at radius 2 is 1.74 bits per heavy atom. The Balaban J connectivity index is 1.66. The molecule has 2 aromatic carbocycles. The molecule has 0 fully saturated rings. The second-order valence-electron chi connectivity index (χ2n) is 6.16. The maximum absolute atomic E-state index is 5.41. The van der Waals surface area contributed by atoms with Gasteiger partial charge in [-0.2, -0.15) is 0 Å². The molecular weight excluding hydrogens is 360 g/mol. The highest BCUT2D eigenvalue weighted by atomic mass is 32.1. The summed E-state index contributed by atoms with van der Waals surface area (Å²) in [5.74, 6) is 2.40. The van der Waals surface area contributed by atoms with Crippen LogP contribution < -0.4 is 14.2 Å². The number of aromatic nitrogens is 1. The Morgan fingerprint density at radius 1 is 0.963 bits per heavy atom. The van der Waals surface area contributed by atoms with Crippen molar-refractivity contribution in [3.8, 4) is 28.5 Å². The second-order valence-corrected chi connectivity index (χ2v) is 7.22. The van der Waals surface area contributed by atoms with Crippen LogP contribution in [0.1, 0.15) is 16.0 Å². The maximum atomic E-state index is 5.41. The van der Waals surface area contributed by atoms with Crippen molar-refractivity contribution in [3.05, 3.63) is 52.4 Å². The molecule has 5 nitrogen and oxygen atoms in total. The molecule has 1 aliphatic carbocycles. The lowest BCUT2D eigenvalue weighted by Gasteiger charge is -2.15. The molecule has 0 bridgehead atoms. The lowest BCUT2D eigenvalue weighted by molar-refractivity contribution is 0.402. The highest BCUT2D eigenvalue weighted by molar-refractivity contribution is 7.15. The first-order chi connectivity index (χ1) is 13.2. The Morgan fingerprint density at radius 3 is 2.52 bits per heavy atom. The monoisotopic (exact) mass is 380 g/mol. The summed E-state index contributed by atoms with van der Waals surface area (Å²) in [6.07, 6.45) is 3.75. The molecule has 0 unspecified atom stereocenters. The number of benzene rings is 2. The molecule has 138 valence electrons. The number of thiazole rings is 1. The van der Waals surface area contributed by atoms with Crippen LogP contribution in [-0.2, 0) is 12.8 Å². The molecule has 0 atom stereocenters. The van der Waals surface area contributed by atoms with Crippen molar-refractivity contribution < 1.29 is 14.2 Å². The van der Waals surface area contributed by atoms with Crippen LogP contribution in [0.15, 0.2) is 41.4 Å². The highest BCUT2D eigenvalue weighted by Crippen LogP contribution is 2.40. The fourth-order valence-corrected chi connectivity index (χ4v) is 4.14. The molecule has 1 heterocycles. The Bertz CT molecular complexity index is 1010. The third-order valence-corrected chi connectivity index (χ3v) is 5.65. The third-order valence-electron chi connectivity index (χ3n) is 4.63. The number of aryl methyl sites for hydroxylation is 2. The maximum Gasteiger partial charge on any atom is 0.209 e. The highest BCUT2D eigenvalue weighted by Gasteiger charge is 2.21. The molecule has 0 radical (unpaired) electrons. The number of nitrogens with zero attached hydrogens (tertiary/aromatic N) is 2. The second kappa shape index (κ2) is 7.40. The minimum absolute atomic E-state index is 0.744. The fourth-order valence-electron chi connectivity index (χ4n) is 3.22. The van der Waals surface area contributed by atoms with E-state index in [-0.39, 0.29) is 0 Å². The Kier molecular flexibility index (Phi) is 4.81. The van der Waals surface area contributed by atoms with E-state index in [4.69, 9.17) is 19.2 Å². The van der Waals surface area contributed by atoms with Crippen LogP contribution in [-0.4, -0.2) is 32.5 Å². The molecule has 4 rings (SSSR count). The van der Waals surface area contributed by atoms with Crippen molar-refractivity contribution in [1.82, 2.24) is 4.98 Å². The van der Waals surface area contributed by atoms with Crippen LogP contribution in [0.3, 0.4) is 0 Å². The fraction of sp³-hybridized carbons (Fsp3) is 0.238. The van der Waals surface area contributed by atoms with Gasteiger partial charge in [-0.15, -0.1) is 0 Å². The number of methoxy groups -OCH3 is 3. The van der Waals surface area contributed by atoms with E-state index in [0.717, 1.165) is 46.5 Å². The quantitative estimate of drug-likeness (QED) is 0.603. The zero-order valence-corrected chi connectivity index (χ0v) is 16.3. The van der Waals surface area contributed by atoms with E-state index in [2.05, 4.69) is 17.1 Å².